The lowest BCUT2D eigenvalue weighted by Gasteiger charge is -2.44. The van der Waals surface area contributed by atoms with Crippen LogP contribution in [0.25, 0.3) is 22.0 Å². The van der Waals surface area contributed by atoms with Crippen LogP contribution in [0.2, 0.25) is 0 Å². The van der Waals surface area contributed by atoms with Crippen molar-refractivity contribution in [3.05, 3.63) is 64.9 Å². The molecule has 3 aliphatic rings. The first-order valence-corrected chi connectivity index (χ1v) is 14.9. The van der Waals surface area contributed by atoms with Crippen molar-refractivity contribution in [2.75, 3.05) is 23.7 Å². The molecule has 1 amide bonds. The molecular formula is C30H30F4N4O3S. The Bertz CT molecular complexity index is 1610. The van der Waals surface area contributed by atoms with Crippen LogP contribution in [0, 0.1) is 5.82 Å². The standard InChI is InChI=1S/C30H30F4N4O3S/c1-4-24(39)38-16(2)12-36(13-17(38)3)28-22-11-23(30(32,33)34)25(18-5-7-19(31)8-6-18)27-26(22)37(29(40)35-28)14-21(15-42-27)41-20-9-10-20/h4-8,11,16-17,20-21H,1,9-10,12-15H2,2-3H3/t16-,17+,21?. The minimum absolute atomic E-state index is 0.0788. The Balaban J connectivity index is 1.60. The Morgan fingerprint density at radius 1 is 1.10 bits per heavy atom. The number of ether oxygens (including phenoxy) is 1. The average Bonchev–Trinajstić information content (AvgIpc) is 3.77. The minimum atomic E-state index is -4.75. The molecule has 3 aromatic rings. The summed E-state index contributed by atoms with van der Waals surface area (Å²) in [5.74, 6) is -0.313. The molecule has 7 nitrogen and oxygen atoms in total. The zero-order chi connectivity index (χ0) is 29.9. The van der Waals surface area contributed by atoms with Crippen molar-refractivity contribution in [2.24, 2.45) is 0 Å². The summed E-state index contributed by atoms with van der Waals surface area (Å²) in [4.78, 5) is 34.3. The van der Waals surface area contributed by atoms with Crippen LogP contribution in [-0.2, 0) is 22.3 Å². The maximum Gasteiger partial charge on any atom is 0.417 e. The third-order valence-corrected chi connectivity index (χ3v) is 9.22. The second-order valence-electron chi connectivity index (χ2n) is 11.2. The predicted octanol–water partition coefficient (Wildman–Crippen LogP) is 5.49. The third kappa shape index (κ3) is 5.19. The summed E-state index contributed by atoms with van der Waals surface area (Å²) in [6.45, 7) is 7.96. The van der Waals surface area contributed by atoms with Gasteiger partial charge in [-0.2, -0.15) is 18.2 Å². The Morgan fingerprint density at radius 2 is 1.76 bits per heavy atom. The van der Waals surface area contributed by atoms with E-state index in [4.69, 9.17) is 4.74 Å². The molecule has 0 N–H and O–H groups in total. The van der Waals surface area contributed by atoms with Gasteiger partial charge in [0.05, 0.1) is 29.8 Å². The van der Waals surface area contributed by atoms with Gasteiger partial charge in [-0.15, -0.1) is 11.8 Å². The summed E-state index contributed by atoms with van der Waals surface area (Å²) in [5.41, 5.74) is -1.01. The fraction of sp³-hybridized carbons (Fsp3) is 0.433. The summed E-state index contributed by atoms with van der Waals surface area (Å²) in [6.07, 6.45) is -2.01. The molecule has 3 heterocycles. The molecular weight excluding hydrogens is 572 g/mol. The van der Waals surface area contributed by atoms with Crippen molar-refractivity contribution >= 4 is 34.4 Å². The fourth-order valence-corrected chi connectivity index (χ4v) is 7.36. The van der Waals surface area contributed by atoms with Gasteiger partial charge in [-0.05, 0) is 56.5 Å². The number of alkyl halides is 3. The van der Waals surface area contributed by atoms with Crippen LogP contribution in [0.4, 0.5) is 23.4 Å². The number of thioether (sulfide) groups is 1. The zero-order valence-corrected chi connectivity index (χ0v) is 24.0. The fourth-order valence-electron chi connectivity index (χ4n) is 6.10. The Kier molecular flexibility index (Phi) is 7.33. The van der Waals surface area contributed by atoms with Crippen LogP contribution < -0.4 is 10.6 Å². The third-order valence-electron chi connectivity index (χ3n) is 7.99. The summed E-state index contributed by atoms with van der Waals surface area (Å²) in [6, 6.07) is 5.37. The van der Waals surface area contributed by atoms with Gasteiger partial charge in [-0.3, -0.25) is 9.36 Å². The second-order valence-corrected chi connectivity index (χ2v) is 12.2. The normalized spacial score (nSPS) is 22.8. The highest BCUT2D eigenvalue weighted by atomic mass is 32.2. The highest BCUT2D eigenvalue weighted by Gasteiger charge is 2.40. The van der Waals surface area contributed by atoms with E-state index in [1.165, 1.54) is 34.5 Å². The minimum Gasteiger partial charge on any atom is -0.372 e. The predicted molar refractivity (Wildman–Crippen MR) is 153 cm³/mol. The number of rotatable bonds is 5. The molecule has 6 rings (SSSR count). The lowest BCUT2D eigenvalue weighted by atomic mass is 9.96. The van der Waals surface area contributed by atoms with Crippen molar-refractivity contribution < 1.29 is 27.1 Å². The van der Waals surface area contributed by atoms with Crippen molar-refractivity contribution in [2.45, 2.75) is 68.6 Å². The van der Waals surface area contributed by atoms with Gasteiger partial charge < -0.3 is 14.5 Å². The quantitative estimate of drug-likeness (QED) is 0.285. The average molecular weight is 603 g/mol. The van der Waals surface area contributed by atoms with Gasteiger partial charge in [0.1, 0.15) is 11.6 Å². The molecule has 1 saturated carbocycles. The van der Waals surface area contributed by atoms with Crippen LogP contribution in [0.5, 0.6) is 0 Å². The molecule has 0 radical (unpaired) electrons. The highest BCUT2D eigenvalue weighted by Crippen LogP contribution is 2.48. The number of anilines is 1. The van der Waals surface area contributed by atoms with Gasteiger partial charge >= 0.3 is 11.9 Å². The van der Waals surface area contributed by atoms with E-state index in [2.05, 4.69) is 11.6 Å². The first kappa shape index (κ1) is 28.7. The molecule has 1 aromatic heterocycles. The molecule has 0 bridgehead atoms. The van der Waals surface area contributed by atoms with E-state index in [0.717, 1.165) is 31.0 Å². The summed E-state index contributed by atoms with van der Waals surface area (Å²) in [5, 5.41) is 0.199. The smallest absolute Gasteiger partial charge is 0.372 e. The van der Waals surface area contributed by atoms with Crippen molar-refractivity contribution in [3.8, 4) is 11.1 Å². The number of amides is 1. The van der Waals surface area contributed by atoms with Gasteiger partial charge in [0.25, 0.3) is 0 Å². The van der Waals surface area contributed by atoms with Crippen LogP contribution in [-0.4, -0.2) is 63.5 Å². The van der Waals surface area contributed by atoms with Gasteiger partial charge in [0.2, 0.25) is 5.91 Å². The molecule has 2 aromatic carbocycles. The topological polar surface area (TPSA) is 67.7 Å². The number of carbonyl (C=O) groups excluding carboxylic acids is 1. The SMILES string of the molecule is C=CC(=O)N1[C@H](C)CN(c2nc(=O)n3c4c(c(-c5ccc(F)cc5)c(C(F)(F)F)cc24)SCC(OC2CC2)C3)C[C@@H]1C. The van der Waals surface area contributed by atoms with Gasteiger partial charge in [-0.1, -0.05) is 18.7 Å². The molecule has 2 fully saturated rings. The molecule has 1 aliphatic carbocycles. The molecule has 1 unspecified atom stereocenters. The largest absolute Gasteiger partial charge is 0.417 e. The summed E-state index contributed by atoms with van der Waals surface area (Å²) < 4.78 is 65.9. The van der Waals surface area contributed by atoms with Crippen LogP contribution in [0.3, 0.4) is 0 Å². The van der Waals surface area contributed by atoms with E-state index in [0.29, 0.717) is 11.3 Å². The van der Waals surface area contributed by atoms with Crippen LogP contribution in [0.15, 0.2) is 52.7 Å². The Hall–Kier alpha value is -3.38. The zero-order valence-electron chi connectivity index (χ0n) is 23.2. The van der Waals surface area contributed by atoms with Crippen molar-refractivity contribution in [1.29, 1.82) is 0 Å². The monoisotopic (exact) mass is 602 g/mol. The molecule has 3 atom stereocenters. The van der Waals surface area contributed by atoms with Gasteiger partial charge in [-0.25, -0.2) is 9.18 Å². The molecule has 0 spiro atoms. The number of halogens is 4. The van der Waals surface area contributed by atoms with E-state index in [1.807, 2.05) is 13.8 Å². The van der Waals surface area contributed by atoms with Crippen molar-refractivity contribution in [1.82, 2.24) is 14.5 Å². The number of hydrogen-bond acceptors (Lipinski definition) is 6. The molecule has 2 aliphatic heterocycles. The number of benzene rings is 2. The molecule has 222 valence electrons. The van der Waals surface area contributed by atoms with Gasteiger partial charge in [0.15, 0.2) is 0 Å². The van der Waals surface area contributed by atoms with E-state index < -0.39 is 29.4 Å². The lowest BCUT2D eigenvalue weighted by molar-refractivity contribution is -0.137. The number of aromatic nitrogens is 2. The van der Waals surface area contributed by atoms with Crippen LogP contribution >= 0.6 is 11.8 Å². The number of hydrogen-bond donors (Lipinski definition) is 0. The van der Waals surface area contributed by atoms with E-state index in [1.54, 1.807) is 9.80 Å². The lowest BCUT2D eigenvalue weighted by Crippen LogP contribution is -2.58. The summed E-state index contributed by atoms with van der Waals surface area (Å²) in [7, 11) is 0. The molecule has 12 heteroatoms. The van der Waals surface area contributed by atoms with Crippen LogP contribution in [0.1, 0.15) is 32.3 Å². The number of carbonyl (C=O) groups is 1. The maximum absolute atomic E-state index is 14.8. The van der Waals surface area contributed by atoms with E-state index >= 15 is 0 Å². The van der Waals surface area contributed by atoms with Crippen molar-refractivity contribution in [3.63, 3.8) is 0 Å². The number of nitrogens with zero attached hydrogens (tertiary/aromatic N) is 4. The van der Waals surface area contributed by atoms with E-state index in [-0.39, 0.29) is 71.0 Å². The van der Waals surface area contributed by atoms with E-state index in [9.17, 15) is 27.2 Å². The Labute approximate surface area is 244 Å². The summed E-state index contributed by atoms with van der Waals surface area (Å²) >= 11 is 1.22. The van der Waals surface area contributed by atoms with Gasteiger partial charge in [0, 0.05) is 46.8 Å². The Morgan fingerprint density at radius 3 is 2.36 bits per heavy atom. The maximum atomic E-state index is 14.8. The first-order chi connectivity index (χ1) is 20.0. The highest BCUT2D eigenvalue weighted by molar-refractivity contribution is 7.99. The first-order valence-electron chi connectivity index (χ1n) is 13.9. The second kappa shape index (κ2) is 10.7. The molecule has 1 saturated heterocycles. The molecule has 42 heavy (non-hydrogen) atoms. The number of piperazine rings is 1.